The normalized spacial score (nSPS) is 31.4. The van der Waals surface area contributed by atoms with Crippen LogP contribution in [0.25, 0.3) is 0 Å². The van der Waals surface area contributed by atoms with Crippen molar-refractivity contribution in [1.29, 1.82) is 0 Å². The Labute approximate surface area is 86.1 Å². The van der Waals surface area contributed by atoms with Gasteiger partial charge in [-0.2, -0.15) is 0 Å². The van der Waals surface area contributed by atoms with Crippen molar-refractivity contribution in [3.8, 4) is 0 Å². The van der Waals surface area contributed by atoms with Gasteiger partial charge in [0.25, 0.3) is 0 Å². The molecule has 1 aliphatic carbocycles. The summed E-state index contributed by atoms with van der Waals surface area (Å²) in [5, 5.41) is 0. The highest BCUT2D eigenvalue weighted by atomic mass is 16.6. The molecule has 2 rings (SSSR count). The number of hydrogen-bond donors (Lipinski definition) is 0. The van der Waals surface area contributed by atoms with Gasteiger partial charge in [0.1, 0.15) is 0 Å². The maximum absolute atomic E-state index is 5.90. The Morgan fingerprint density at radius 1 is 1.29 bits per heavy atom. The van der Waals surface area contributed by atoms with Gasteiger partial charge in [-0.05, 0) is 27.2 Å². The second kappa shape index (κ2) is 3.56. The number of hydrogen-bond acceptors (Lipinski definition) is 2. The minimum Gasteiger partial charge on any atom is -0.408 e. The van der Waals surface area contributed by atoms with Gasteiger partial charge >= 0.3 is 7.12 Å². The minimum absolute atomic E-state index is 0.0629. The molecule has 3 heteroatoms. The van der Waals surface area contributed by atoms with E-state index < -0.39 is 0 Å². The number of allylic oxidation sites excluding steroid dienone is 4. The summed E-state index contributed by atoms with van der Waals surface area (Å²) in [6.07, 6.45) is 9.58. The predicted octanol–water partition coefficient (Wildman–Crippen LogP) is 2.57. The third-order valence-corrected chi connectivity index (χ3v) is 2.67. The summed E-state index contributed by atoms with van der Waals surface area (Å²) >= 11 is 0. The van der Waals surface area contributed by atoms with Gasteiger partial charge in [-0.3, -0.25) is 0 Å². The van der Waals surface area contributed by atoms with Gasteiger partial charge in [0.2, 0.25) is 0 Å². The standard InChI is InChI=1S/C11H17BO2/c1-9-8-11(2,3)14-12(13-9)10-6-4-5-7-10/h4-7,9-10H,8H2,1-3H3. The molecule has 1 atom stereocenters. The Morgan fingerprint density at radius 2 is 1.93 bits per heavy atom. The quantitative estimate of drug-likeness (QED) is 0.594. The van der Waals surface area contributed by atoms with Crippen LogP contribution in [0.1, 0.15) is 27.2 Å². The van der Waals surface area contributed by atoms with Crippen molar-refractivity contribution in [2.75, 3.05) is 0 Å². The average molecular weight is 192 g/mol. The molecule has 0 amide bonds. The van der Waals surface area contributed by atoms with Crippen LogP contribution in [0.3, 0.4) is 0 Å². The third kappa shape index (κ3) is 2.10. The Morgan fingerprint density at radius 3 is 2.50 bits per heavy atom. The van der Waals surface area contributed by atoms with E-state index in [-0.39, 0.29) is 24.6 Å². The second-order valence-electron chi connectivity index (χ2n) is 4.74. The van der Waals surface area contributed by atoms with Crippen molar-refractivity contribution in [2.45, 2.75) is 44.7 Å². The van der Waals surface area contributed by atoms with Crippen LogP contribution in [0, 0.1) is 0 Å². The molecular formula is C11H17BO2. The molecule has 1 fully saturated rings. The van der Waals surface area contributed by atoms with E-state index in [0.717, 1.165) is 6.42 Å². The molecule has 0 bridgehead atoms. The molecule has 0 spiro atoms. The molecule has 0 aromatic carbocycles. The van der Waals surface area contributed by atoms with Gasteiger partial charge in [0, 0.05) is 11.9 Å². The molecule has 2 aliphatic rings. The van der Waals surface area contributed by atoms with Crippen molar-refractivity contribution >= 4 is 7.12 Å². The second-order valence-corrected chi connectivity index (χ2v) is 4.74. The SMILES string of the molecule is CC1CC(C)(C)OB(C2C=CC=C2)O1. The number of rotatable bonds is 1. The van der Waals surface area contributed by atoms with Crippen LogP contribution in [0.15, 0.2) is 24.3 Å². The zero-order valence-corrected chi connectivity index (χ0v) is 9.07. The van der Waals surface area contributed by atoms with Crippen LogP contribution >= 0.6 is 0 Å². The van der Waals surface area contributed by atoms with Crippen molar-refractivity contribution in [1.82, 2.24) is 0 Å². The fourth-order valence-corrected chi connectivity index (χ4v) is 2.16. The van der Waals surface area contributed by atoms with Gasteiger partial charge in [-0.25, -0.2) is 0 Å². The van der Waals surface area contributed by atoms with Crippen molar-refractivity contribution < 1.29 is 9.31 Å². The fourth-order valence-electron chi connectivity index (χ4n) is 2.16. The van der Waals surface area contributed by atoms with Crippen LogP contribution < -0.4 is 0 Å². The summed E-state index contributed by atoms with van der Waals surface area (Å²) in [4.78, 5) is 0. The Kier molecular flexibility index (Phi) is 2.54. The molecule has 1 heterocycles. The monoisotopic (exact) mass is 192 g/mol. The molecular weight excluding hydrogens is 175 g/mol. The third-order valence-electron chi connectivity index (χ3n) is 2.67. The molecule has 1 unspecified atom stereocenters. The average Bonchev–Trinajstić information content (AvgIpc) is 2.51. The first-order chi connectivity index (χ1) is 6.57. The molecule has 1 aliphatic heterocycles. The largest absolute Gasteiger partial charge is 0.468 e. The Bertz CT molecular complexity index is 258. The van der Waals surface area contributed by atoms with E-state index in [2.05, 4.69) is 32.9 Å². The van der Waals surface area contributed by atoms with Crippen LogP contribution in [-0.4, -0.2) is 18.8 Å². The van der Waals surface area contributed by atoms with Crippen LogP contribution in [-0.2, 0) is 9.31 Å². The van der Waals surface area contributed by atoms with Crippen molar-refractivity contribution in [2.24, 2.45) is 0 Å². The molecule has 14 heavy (non-hydrogen) atoms. The predicted molar refractivity (Wildman–Crippen MR) is 58.1 cm³/mol. The summed E-state index contributed by atoms with van der Waals surface area (Å²) in [5.41, 5.74) is -0.0629. The maximum Gasteiger partial charge on any atom is 0.468 e. The van der Waals surface area contributed by atoms with Crippen molar-refractivity contribution in [3.05, 3.63) is 24.3 Å². The molecule has 1 saturated heterocycles. The minimum atomic E-state index is -0.108. The highest BCUT2D eigenvalue weighted by Gasteiger charge is 2.40. The van der Waals surface area contributed by atoms with E-state index in [1.54, 1.807) is 0 Å². The molecule has 2 nitrogen and oxygen atoms in total. The Balaban J connectivity index is 2.05. The van der Waals surface area contributed by atoms with E-state index in [1.165, 1.54) is 0 Å². The molecule has 0 aromatic rings. The highest BCUT2D eigenvalue weighted by Crippen LogP contribution is 2.32. The smallest absolute Gasteiger partial charge is 0.408 e. The fraction of sp³-hybridized carbons (Fsp3) is 0.636. The molecule has 76 valence electrons. The summed E-state index contributed by atoms with van der Waals surface area (Å²) in [5.74, 6) is 0.289. The first-order valence-corrected chi connectivity index (χ1v) is 5.25. The van der Waals surface area contributed by atoms with Crippen molar-refractivity contribution in [3.63, 3.8) is 0 Å². The summed E-state index contributed by atoms with van der Waals surface area (Å²) in [6.45, 7) is 6.36. The highest BCUT2D eigenvalue weighted by molar-refractivity contribution is 6.48. The van der Waals surface area contributed by atoms with Gasteiger partial charge in [0.15, 0.2) is 0 Å². The lowest BCUT2D eigenvalue weighted by Crippen LogP contribution is -2.47. The van der Waals surface area contributed by atoms with E-state index in [1.807, 2.05) is 12.2 Å². The van der Waals surface area contributed by atoms with Crippen LogP contribution in [0.5, 0.6) is 0 Å². The molecule has 0 saturated carbocycles. The first-order valence-electron chi connectivity index (χ1n) is 5.25. The lowest BCUT2D eigenvalue weighted by atomic mass is 9.70. The van der Waals surface area contributed by atoms with Gasteiger partial charge < -0.3 is 9.31 Å². The van der Waals surface area contributed by atoms with Gasteiger partial charge in [0.05, 0.1) is 5.60 Å². The zero-order chi connectivity index (χ0) is 10.2. The summed E-state index contributed by atoms with van der Waals surface area (Å²) in [7, 11) is -0.108. The van der Waals surface area contributed by atoms with Crippen LogP contribution in [0.2, 0.25) is 5.82 Å². The van der Waals surface area contributed by atoms with Gasteiger partial charge in [-0.15, -0.1) is 0 Å². The molecule has 0 radical (unpaired) electrons. The van der Waals surface area contributed by atoms with Gasteiger partial charge in [-0.1, -0.05) is 24.3 Å². The Hall–Kier alpha value is -0.535. The van der Waals surface area contributed by atoms with Crippen LogP contribution in [0.4, 0.5) is 0 Å². The lowest BCUT2D eigenvalue weighted by Gasteiger charge is -2.39. The van der Waals surface area contributed by atoms with E-state index in [4.69, 9.17) is 9.31 Å². The zero-order valence-electron chi connectivity index (χ0n) is 9.07. The first kappa shape index (κ1) is 10.00. The van der Waals surface area contributed by atoms with E-state index >= 15 is 0 Å². The van der Waals surface area contributed by atoms with E-state index in [0.29, 0.717) is 0 Å². The van der Waals surface area contributed by atoms with E-state index in [9.17, 15) is 0 Å². The molecule has 0 N–H and O–H groups in total. The summed E-state index contributed by atoms with van der Waals surface area (Å²) in [6, 6.07) is 0. The topological polar surface area (TPSA) is 18.5 Å². The molecule has 0 aromatic heterocycles. The lowest BCUT2D eigenvalue weighted by molar-refractivity contribution is -0.0296. The summed E-state index contributed by atoms with van der Waals surface area (Å²) < 4.78 is 11.7. The maximum atomic E-state index is 5.90.